The maximum atomic E-state index is 9.46. The van der Waals surface area contributed by atoms with Crippen LogP contribution in [0.2, 0.25) is 0 Å². The van der Waals surface area contributed by atoms with Crippen LogP contribution in [0.4, 0.5) is 0 Å². The van der Waals surface area contributed by atoms with Gasteiger partial charge in [0.1, 0.15) is 11.5 Å². The highest BCUT2D eigenvalue weighted by atomic mass is 16.5. The Hall–Kier alpha value is -2.54. The van der Waals surface area contributed by atoms with Crippen LogP contribution in [-0.4, -0.2) is 30.2 Å². The summed E-state index contributed by atoms with van der Waals surface area (Å²) in [6.45, 7) is 4.06. The van der Waals surface area contributed by atoms with Crippen LogP contribution in [0.25, 0.3) is 11.3 Å². The van der Waals surface area contributed by atoms with Crippen LogP contribution in [-0.2, 0) is 13.2 Å². The molecular formula is C14H15N5O2. The lowest BCUT2D eigenvalue weighted by Gasteiger charge is -2.07. The van der Waals surface area contributed by atoms with Crippen LogP contribution >= 0.6 is 0 Å². The maximum Gasteiger partial charge on any atom is 0.138 e. The molecule has 0 saturated carbocycles. The molecule has 0 aliphatic carbocycles. The number of aliphatic hydroxyl groups is 1. The van der Waals surface area contributed by atoms with E-state index in [1.54, 1.807) is 17.1 Å². The predicted octanol–water partition coefficient (Wildman–Crippen LogP) is 1.49. The first-order valence-electron chi connectivity index (χ1n) is 6.56. The highest BCUT2D eigenvalue weighted by Crippen LogP contribution is 2.23. The first kappa shape index (κ1) is 13.4. The van der Waals surface area contributed by atoms with Gasteiger partial charge in [0.15, 0.2) is 0 Å². The molecular weight excluding hydrogens is 270 g/mol. The fourth-order valence-electron chi connectivity index (χ4n) is 2.26. The van der Waals surface area contributed by atoms with E-state index in [2.05, 4.69) is 20.5 Å². The lowest BCUT2D eigenvalue weighted by molar-refractivity contribution is 0.277. The molecule has 0 spiro atoms. The minimum Gasteiger partial charge on any atom is -0.390 e. The molecule has 0 aliphatic heterocycles. The van der Waals surface area contributed by atoms with Crippen LogP contribution in [0.3, 0.4) is 0 Å². The number of hydrogen-bond donors (Lipinski definition) is 1. The van der Waals surface area contributed by atoms with Gasteiger partial charge in [0, 0.05) is 23.5 Å². The number of hydrogen-bond acceptors (Lipinski definition) is 6. The zero-order valence-corrected chi connectivity index (χ0v) is 11.8. The van der Waals surface area contributed by atoms with Crippen molar-refractivity contribution in [2.75, 3.05) is 0 Å². The van der Waals surface area contributed by atoms with Gasteiger partial charge in [-0.2, -0.15) is 0 Å². The van der Waals surface area contributed by atoms with Crippen molar-refractivity contribution in [1.82, 2.24) is 25.1 Å². The van der Waals surface area contributed by atoms with Crippen molar-refractivity contribution >= 4 is 0 Å². The highest BCUT2D eigenvalue weighted by Gasteiger charge is 2.17. The second-order valence-corrected chi connectivity index (χ2v) is 4.74. The molecule has 108 valence electrons. The van der Waals surface area contributed by atoms with Gasteiger partial charge in [-0.25, -0.2) is 4.68 Å². The molecule has 0 fully saturated rings. The van der Waals surface area contributed by atoms with Gasteiger partial charge in [-0.1, -0.05) is 10.4 Å². The van der Waals surface area contributed by atoms with E-state index in [1.807, 2.05) is 26.0 Å². The number of nitrogens with zero attached hydrogens (tertiary/aromatic N) is 5. The van der Waals surface area contributed by atoms with E-state index < -0.39 is 0 Å². The molecule has 0 aromatic carbocycles. The largest absolute Gasteiger partial charge is 0.390 e. The molecule has 0 bridgehead atoms. The number of aromatic nitrogens is 5. The molecule has 0 amide bonds. The smallest absolute Gasteiger partial charge is 0.138 e. The van der Waals surface area contributed by atoms with Gasteiger partial charge >= 0.3 is 0 Å². The van der Waals surface area contributed by atoms with E-state index in [1.165, 1.54) is 0 Å². The lowest BCUT2D eigenvalue weighted by Crippen LogP contribution is -2.06. The van der Waals surface area contributed by atoms with Crippen molar-refractivity contribution < 1.29 is 9.63 Å². The first-order chi connectivity index (χ1) is 10.2. The lowest BCUT2D eigenvalue weighted by atomic mass is 10.1. The van der Waals surface area contributed by atoms with Crippen LogP contribution in [0.15, 0.2) is 29.0 Å². The molecule has 0 aliphatic rings. The standard InChI is InChI=1S/C14H15N5O2/c1-9-12(10(2)21-17-9)7-19-14(13(8-20)16-18-19)11-4-3-5-15-6-11/h3-6,20H,7-8H2,1-2H3. The number of rotatable bonds is 4. The second-order valence-electron chi connectivity index (χ2n) is 4.74. The molecule has 3 aromatic heterocycles. The van der Waals surface area contributed by atoms with Crippen molar-refractivity contribution in [1.29, 1.82) is 0 Å². The molecule has 0 atom stereocenters. The Morgan fingerprint density at radius 3 is 2.81 bits per heavy atom. The van der Waals surface area contributed by atoms with Gasteiger partial charge in [0.25, 0.3) is 0 Å². The van der Waals surface area contributed by atoms with E-state index in [-0.39, 0.29) is 6.61 Å². The normalized spacial score (nSPS) is 11.0. The SMILES string of the molecule is Cc1noc(C)c1Cn1nnc(CO)c1-c1cccnc1. The van der Waals surface area contributed by atoms with Crippen LogP contribution in [0.1, 0.15) is 22.7 Å². The molecule has 0 saturated heterocycles. The minimum atomic E-state index is -0.175. The summed E-state index contributed by atoms with van der Waals surface area (Å²) in [6.07, 6.45) is 3.42. The zero-order chi connectivity index (χ0) is 14.8. The second kappa shape index (κ2) is 5.45. The van der Waals surface area contributed by atoms with Gasteiger partial charge in [0.2, 0.25) is 0 Å². The molecule has 7 heteroatoms. The molecule has 3 aromatic rings. The minimum absolute atomic E-state index is 0.175. The summed E-state index contributed by atoms with van der Waals surface area (Å²) in [5.74, 6) is 0.755. The van der Waals surface area contributed by atoms with Gasteiger partial charge in [-0.05, 0) is 26.0 Å². The van der Waals surface area contributed by atoms with E-state index in [0.29, 0.717) is 12.2 Å². The van der Waals surface area contributed by atoms with E-state index in [9.17, 15) is 5.11 Å². The summed E-state index contributed by atoms with van der Waals surface area (Å²) in [5.41, 5.74) is 3.93. The quantitative estimate of drug-likeness (QED) is 0.781. The Kier molecular flexibility index (Phi) is 3.49. The first-order valence-corrected chi connectivity index (χ1v) is 6.56. The van der Waals surface area contributed by atoms with Crippen molar-refractivity contribution in [3.05, 3.63) is 47.2 Å². The van der Waals surface area contributed by atoms with Crippen molar-refractivity contribution in [2.24, 2.45) is 0 Å². The molecule has 0 unspecified atom stereocenters. The van der Waals surface area contributed by atoms with Crippen molar-refractivity contribution in [3.8, 4) is 11.3 Å². The summed E-state index contributed by atoms with van der Waals surface area (Å²) < 4.78 is 6.90. The molecule has 3 heterocycles. The van der Waals surface area contributed by atoms with E-state index in [0.717, 1.165) is 28.3 Å². The molecule has 0 radical (unpaired) electrons. The van der Waals surface area contributed by atoms with E-state index in [4.69, 9.17) is 4.52 Å². The number of aryl methyl sites for hydroxylation is 2. The van der Waals surface area contributed by atoms with Gasteiger partial charge in [-0.15, -0.1) is 5.10 Å². The monoisotopic (exact) mass is 285 g/mol. The fourth-order valence-corrected chi connectivity index (χ4v) is 2.26. The summed E-state index contributed by atoms with van der Waals surface area (Å²) in [7, 11) is 0. The average molecular weight is 285 g/mol. The summed E-state index contributed by atoms with van der Waals surface area (Å²) in [4.78, 5) is 4.11. The average Bonchev–Trinajstić information content (AvgIpc) is 3.06. The molecule has 7 nitrogen and oxygen atoms in total. The Balaban J connectivity index is 2.06. The number of aliphatic hydroxyl groups excluding tert-OH is 1. The summed E-state index contributed by atoms with van der Waals surface area (Å²) >= 11 is 0. The number of pyridine rings is 1. The third-order valence-electron chi connectivity index (χ3n) is 3.38. The third-order valence-corrected chi connectivity index (χ3v) is 3.38. The zero-order valence-electron chi connectivity index (χ0n) is 11.8. The van der Waals surface area contributed by atoms with Crippen LogP contribution in [0.5, 0.6) is 0 Å². The van der Waals surface area contributed by atoms with Crippen LogP contribution in [0, 0.1) is 13.8 Å². The highest BCUT2D eigenvalue weighted by molar-refractivity contribution is 5.60. The molecule has 21 heavy (non-hydrogen) atoms. The Labute approximate surface area is 121 Å². The predicted molar refractivity (Wildman–Crippen MR) is 74.3 cm³/mol. The van der Waals surface area contributed by atoms with Crippen LogP contribution < -0.4 is 0 Å². The van der Waals surface area contributed by atoms with Crippen molar-refractivity contribution in [3.63, 3.8) is 0 Å². The molecule has 3 rings (SSSR count). The summed E-state index contributed by atoms with van der Waals surface area (Å²) in [5, 5.41) is 21.6. The molecule has 1 N–H and O–H groups in total. The third kappa shape index (κ3) is 2.43. The Bertz CT molecular complexity index is 729. The Morgan fingerprint density at radius 1 is 1.33 bits per heavy atom. The summed E-state index contributed by atoms with van der Waals surface area (Å²) in [6, 6.07) is 3.75. The Morgan fingerprint density at radius 2 is 2.19 bits per heavy atom. The fraction of sp³-hybridized carbons (Fsp3) is 0.286. The van der Waals surface area contributed by atoms with E-state index >= 15 is 0 Å². The van der Waals surface area contributed by atoms with Gasteiger partial charge < -0.3 is 9.63 Å². The van der Waals surface area contributed by atoms with Gasteiger partial charge in [0.05, 0.1) is 24.5 Å². The van der Waals surface area contributed by atoms with Gasteiger partial charge in [-0.3, -0.25) is 4.98 Å². The van der Waals surface area contributed by atoms with Crippen molar-refractivity contribution in [2.45, 2.75) is 27.0 Å². The topological polar surface area (TPSA) is 89.9 Å². The maximum absolute atomic E-state index is 9.46.